The second kappa shape index (κ2) is 10.0. The van der Waals surface area contributed by atoms with Gasteiger partial charge in [0.05, 0.1) is 12.7 Å². The monoisotopic (exact) mass is 473 g/mol. The van der Waals surface area contributed by atoms with Crippen LogP contribution in [0.4, 0.5) is 0 Å². The minimum Gasteiger partial charge on any atom is -0.497 e. The van der Waals surface area contributed by atoms with Gasteiger partial charge in [-0.3, -0.25) is 14.4 Å². The summed E-state index contributed by atoms with van der Waals surface area (Å²) in [4.78, 5) is 39.7. The number of carbonyl (C=O) groups is 3. The lowest BCUT2D eigenvalue weighted by molar-refractivity contribution is -0.141. The number of hydrogen-bond acceptors (Lipinski definition) is 6. The normalized spacial score (nSPS) is 15.0. The molecule has 1 N–H and O–H groups in total. The summed E-state index contributed by atoms with van der Waals surface area (Å²) in [6, 6.07) is 12.3. The van der Waals surface area contributed by atoms with Crippen LogP contribution in [0.1, 0.15) is 35.7 Å². The number of sulfonamides is 1. The van der Waals surface area contributed by atoms with E-state index in [4.69, 9.17) is 4.74 Å². The Kier molecular flexibility index (Phi) is 7.37. The maximum Gasteiger partial charge on any atom is 0.269 e. The first-order chi connectivity index (χ1) is 15.7. The molecule has 0 unspecified atom stereocenters. The van der Waals surface area contributed by atoms with Crippen molar-refractivity contribution in [2.24, 2.45) is 0 Å². The molecule has 176 valence electrons. The molecule has 9 nitrogen and oxygen atoms in total. The van der Waals surface area contributed by atoms with E-state index in [0.29, 0.717) is 12.2 Å². The highest BCUT2D eigenvalue weighted by Crippen LogP contribution is 2.30. The van der Waals surface area contributed by atoms with Crippen molar-refractivity contribution in [2.45, 2.75) is 37.2 Å². The molecule has 0 spiro atoms. The summed E-state index contributed by atoms with van der Waals surface area (Å²) >= 11 is 0. The lowest BCUT2D eigenvalue weighted by Gasteiger charge is -2.31. The number of nitrogens with zero attached hydrogens (tertiary/aromatic N) is 2. The van der Waals surface area contributed by atoms with Crippen LogP contribution < -0.4 is 10.1 Å². The van der Waals surface area contributed by atoms with Gasteiger partial charge in [0.2, 0.25) is 11.8 Å². The van der Waals surface area contributed by atoms with E-state index in [2.05, 4.69) is 5.32 Å². The lowest BCUT2D eigenvalue weighted by atomic mass is 10.1. The van der Waals surface area contributed by atoms with Crippen LogP contribution in [0.15, 0.2) is 53.4 Å². The fourth-order valence-corrected chi connectivity index (χ4v) is 5.42. The third-order valence-electron chi connectivity index (χ3n) is 5.56. The average molecular weight is 474 g/mol. The molecule has 0 aromatic heterocycles. The van der Waals surface area contributed by atoms with Gasteiger partial charge in [-0.15, -0.1) is 0 Å². The van der Waals surface area contributed by atoms with Crippen molar-refractivity contribution in [1.29, 1.82) is 0 Å². The van der Waals surface area contributed by atoms with Crippen molar-refractivity contribution in [1.82, 2.24) is 14.5 Å². The largest absolute Gasteiger partial charge is 0.497 e. The Hall–Kier alpha value is -3.40. The highest BCUT2D eigenvalue weighted by Gasteiger charge is 2.41. The van der Waals surface area contributed by atoms with Crippen molar-refractivity contribution < 1.29 is 27.5 Å². The van der Waals surface area contributed by atoms with E-state index in [9.17, 15) is 22.8 Å². The van der Waals surface area contributed by atoms with Crippen LogP contribution in [0, 0.1) is 0 Å². The van der Waals surface area contributed by atoms with E-state index in [1.165, 1.54) is 31.2 Å². The maximum atomic E-state index is 13.3. The highest BCUT2D eigenvalue weighted by atomic mass is 32.2. The minimum atomic E-state index is -4.01. The Morgan fingerprint density at radius 3 is 2.52 bits per heavy atom. The SMILES string of the molecule is CC[C@@H](C(=O)NC)N(Cc1cccc(OC)c1)C(=O)CCN1C(=O)c2ccccc2S1(=O)=O. The summed E-state index contributed by atoms with van der Waals surface area (Å²) in [5, 5.41) is 2.57. The number of ether oxygens (including phenoxy) is 1. The molecule has 2 aromatic carbocycles. The van der Waals surface area contributed by atoms with Gasteiger partial charge < -0.3 is 15.0 Å². The summed E-state index contributed by atoms with van der Waals surface area (Å²) in [5.41, 5.74) is 0.845. The number of fused-ring (bicyclic) bond motifs is 1. The predicted molar refractivity (Wildman–Crippen MR) is 121 cm³/mol. The summed E-state index contributed by atoms with van der Waals surface area (Å²) in [6.07, 6.45) is 0.109. The number of rotatable bonds is 9. The Labute approximate surface area is 193 Å². The zero-order valence-corrected chi connectivity index (χ0v) is 19.6. The molecule has 3 rings (SSSR count). The van der Waals surface area contributed by atoms with E-state index >= 15 is 0 Å². The molecule has 0 saturated carbocycles. The number of hydrogen-bond donors (Lipinski definition) is 1. The van der Waals surface area contributed by atoms with Gasteiger partial charge in [-0.1, -0.05) is 31.2 Å². The topological polar surface area (TPSA) is 113 Å². The number of nitrogens with one attached hydrogen (secondary N) is 1. The van der Waals surface area contributed by atoms with Crippen molar-refractivity contribution in [2.75, 3.05) is 20.7 Å². The highest BCUT2D eigenvalue weighted by molar-refractivity contribution is 7.90. The molecule has 0 saturated heterocycles. The fourth-order valence-electron chi connectivity index (χ4n) is 3.85. The van der Waals surface area contributed by atoms with E-state index in [1.807, 2.05) is 6.07 Å². The van der Waals surface area contributed by atoms with Gasteiger partial charge in [0.25, 0.3) is 15.9 Å². The number of carbonyl (C=O) groups excluding carboxylic acids is 3. The van der Waals surface area contributed by atoms with Gasteiger partial charge >= 0.3 is 0 Å². The third kappa shape index (κ3) is 4.85. The van der Waals surface area contributed by atoms with Gasteiger partial charge in [0.1, 0.15) is 16.7 Å². The average Bonchev–Trinajstić information content (AvgIpc) is 3.02. The van der Waals surface area contributed by atoms with Crippen LogP contribution in [-0.2, 0) is 26.2 Å². The number of likely N-dealkylation sites (N-methyl/N-ethyl adjacent to an activating group) is 1. The minimum absolute atomic E-state index is 0.0625. The predicted octanol–water partition coefficient (Wildman–Crippen LogP) is 1.78. The van der Waals surface area contributed by atoms with Gasteiger partial charge in [0.15, 0.2) is 0 Å². The van der Waals surface area contributed by atoms with Crippen LogP contribution in [0.5, 0.6) is 5.75 Å². The van der Waals surface area contributed by atoms with E-state index in [1.54, 1.807) is 37.3 Å². The number of methoxy groups -OCH3 is 1. The van der Waals surface area contributed by atoms with Crippen molar-refractivity contribution in [3.05, 3.63) is 59.7 Å². The summed E-state index contributed by atoms with van der Waals surface area (Å²) in [5.74, 6) is -0.811. The maximum absolute atomic E-state index is 13.3. The molecule has 0 radical (unpaired) electrons. The van der Waals surface area contributed by atoms with Gasteiger partial charge in [0, 0.05) is 26.6 Å². The zero-order chi connectivity index (χ0) is 24.2. The van der Waals surface area contributed by atoms with Gasteiger partial charge in [-0.2, -0.15) is 0 Å². The Morgan fingerprint density at radius 1 is 1.15 bits per heavy atom. The molecular formula is C23H27N3O6S. The zero-order valence-electron chi connectivity index (χ0n) is 18.8. The summed E-state index contributed by atoms with van der Waals surface area (Å²) in [7, 11) is -0.988. The second-order valence-electron chi connectivity index (χ2n) is 7.54. The van der Waals surface area contributed by atoms with Crippen LogP contribution in [0.2, 0.25) is 0 Å². The Morgan fingerprint density at radius 2 is 1.88 bits per heavy atom. The quantitative estimate of drug-likeness (QED) is 0.594. The van der Waals surface area contributed by atoms with E-state index in [-0.39, 0.29) is 35.9 Å². The lowest BCUT2D eigenvalue weighted by Crippen LogP contribution is -2.49. The molecule has 1 aliphatic rings. The van der Waals surface area contributed by atoms with Crippen LogP contribution >= 0.6 is 0 Å². The molecule has 0 bridgehead atoms. The van der Waals surface area contributed by atoms with Crippen LogP contribution in [-0.4, -0.2) is 62.1 Å². The van der Waals surface area contributed by atoms with Crippen molar-refractivity contribution >= 4 is 27.7 Å². The van der Waals surface area contributed by atoms with Crippen molar-refractivity contribution in [3.8, 4) is 5.75 Å². The standard InChI is InChI=1S/C23H27N3O6S/c1-4-19(22(28)24-2)25(15-16-8-7-9-17(14-16)32-3)21(27)12-13-26-23(29)18-10-5-6-11-20(18)33(26,30)31/h5-11,14,19H,4,12-13,15H2,1-3H3,(H,24,28)/t19-/m0/s1. The van der Waals surface area contributed by atoms with Crippen molar-refractivity contribution in [3.63, 3.8) is 0 Å². The van der Waals surface area contributed by atoms with E-state index in [0.717, 1.165) is 9.87 Å². The Balaban J connectivity index is 1.83. The Bertz CT molecular complexity index is 1160. The summed E-state index contributed by atoms with van der Waals surface area (Å²) in [6.45, 7) is 1.60. The molecule has 0 fully saturated rings. The fraction of sp³-hybridized carbons (Fsp3) is 0.348. The molecular weight excluding hydrogens is 446 g/mol. The molecule has 3 amide bonds. The molecule has 1 aliphatic heterocycles. The molecule has 0 aliphatic carbocycles. The molecule has 1 atom stereocenters. The van der Waals surface area contributed by atoms with Crippen LogP contribution in [0.3, 0.4) is 0 Å². The summed E-state index contributed by atoms with van der Waals surface area (Å²) < 4.78 is 31.5. The third-order valence-corrected chi connectivity index (χ3v) is 7.40. The number of benzene rings is 2. The van der Waals surface area contributed by atoms with Gasteiger partial charge in [-0.05, 0) is 36.2 Å². The second-order valence-corrected chi connectivity index (χ2v) is 9.37. The molecule has 2 aromatic rings. The van der Waals surface area contributed by atoms with Gasteiger partial charge in [-0.25, -0.2) is 12.7 Å². The molecule has 1 heterocycles. The number of amides is 3. The first kappa shape index (κ1) is 24.2. The first-order valence-corrected chi connectivity index (χ1v) is 12.0. The van der Waals surface area contributed by atoms with E-state index < -0.39 is 27.9 Å². The molecule has 33 heavy (non-hydrogen) atoms. The smallest absolute Gasteiger partial charge is 0.269 e. The molecule has 10 heteroatoms. The first-order valence-electron chi connectivity index (χ1n) is 10.5. The van der Waals surface area contributed by atoms with Crippen LogP contribution in [0.25, 0.3) is 0 Å².